The van der Waals surface area contributed by atoms with Gasteiger partial charge in [0.2, 0.25) is 15.9 Å². The number of carbonyl (C=O) groups excluding carboxylic acids is 1. The zero-order chi connectivity index (χ0) is 18.6. The first-order valence-electron chi connectivity index (χ1n) is 9.81. The third kappa shape index (κ3) is 4.86. The highest BCUT2D eigenvalue weighted by molar-refractivity contribution is 7.89. The van der Waals surface area contributed by atoms with E-state index in [1.165, 1.54) is 12.8 Å². The Morgan fingerprint density at radius 1 is 1.12 bits per heavy atom. The number of sulfonamides is 1. The number of rotatable bonds is 6. The number of aryl methyl sites for hydroxylation is 1. The van der Waals surface area contributed by atoms with Crippen LogP contribution in [0.15, 0.2) is 29.2 Å². The van der Waals surface area contributed by atoms with Gasteiger partial charge in [-0.3, -0.25) is 4.79 Å². The lowest BCUT2D eigenvalue weighted by Crippen LogP contribution is -2.40. The van der Waals surface area contributed by atoms with Gasteiger partial charge in [-0.2, -0.15) is 4.31 Å². The molecule has 0 aromatic heterocycles. The third-order valence-corrected chi connectivity index (χ3v) is 7.52. The molecule has 2 aliphatic rings. The Labute approximate surface area is 157 Å². The lowest BCUT2D eigenvalue weighted by Gasteiger charge is -2.32. The summed E-state index contributed by atoms with van der Waals surface area (Å²) in [4.78, 5) is 12.5. The van der Waals surface area contributed by atoms with Gasteiger partial charge < -0.3 is 5.32 Å². The number of hydrogen-bond donors (Lipinski definition) is 1. The van der Waals surface area contributed by atoms with Crippen molar-refractivity contribution < 1.29 is 13.2 Å². The van der Waals surface area contributed by atoms with Crippen molar-refractivity contribution in [3.8, 4) is 0 Å². The molecule has 1 saturated heterocycles. The minimum Gasteiger partial charge on any atom is -0.353 e. The van der Waals surface area contributed by atoms with Crippen LogP contribution in [0.2, 0.25) is 0 Å². The van der Waals surface area contributed by atoms with E-state index >= 15 is 0 Å². The summed E-state index contributed by atoms with van der Waals surface area (Å²) in [7, 11) is -3.44. The first kappa shape index (κ1) is 19.4. The number of carbonyl (C=O) groups is 1. The lowest BCUT2D eigenvalue weighted by molar-refractivity contribution is -0.122. The van der Waals surface area contributed by atoms with Crippen molar-refractivity contribution in [1.29, 1.82) is 0 Å². The average molecular weight is 379 g/mol. The minimum atomic E-state index is -3.44. The highest BCUT2D eigenvalue weighted by Gasteiger charge is 2.30. The van der Waals surface area contributed by atoms with E-state index in [1.54, 1.807) is 16.4 Å². The summed E-state index contributed by atoms with van der Waals surface area (Å²) < 4.78 is 27.3. The molecule has 1 saturated carbocycles. The molecule has 1 aromatic carbocycles. The topological polar surface area (TPSA) is 66.5 Å². The van der Waals surface area contributed by atoms with Crippen LogP contribution in [0.1, 0.15) is 56.9 Å². The van der Waals surface area contributed by atoms with E-state index in [0.29, 0.717) is 30.4 Å². The van der Waals surface area contributed by atoms with Crippen LogP contribution < -0.4 is 5.32 Å². The van der Waals surface area contributed by atoms with Gasteiger partial charge in [0.1, 0.15) is 0 Å². The molecular formula is C20H30N2O3S. The quantitative estimate of drug-likeness (QED) is 0.826. The van der Waals surface area contributed by atoms with Crippen LogP contribution in [0.25, 0.3) is 0 Å². The van der Waals surface area contributed by atoms with Crippen molar-refractivity contribution in [3.63, 3.8) is 0 Å². The predicted octanol–water partition coefficient (Wildman–Crippen LogP) is 3.23. The van der Waals surface area contributed by atoms with E-state index in [0.717, 1.165) is 37.7 Å². The number of piperidine rings is 1. The van der Waals surface area contributed by atoms with Gasteiger partial charge in [-0.25, -0.2) is 8.42 Å². The van der Waals surface area contributed by atoms with E-state index in [9.17, 15) is 13.2 Å². The monoisotopic (exact) mass is 378 g/mol. The molecule has 1 atom stereocenters. The molecule has 0 radical (unpaired) electrons. The normalized spacial score (nSPS) is 22.4. The molecule has 5 nitrogen and oxygen atoms in total. The van der Waals surface area contributed by atoms with Gasteiger partial charge in [0.05, 0.1) is 4.90 Å². The zero-order valence-electron chi connectivity index (χ0n) is 15.6. The van der Waals surface area contributed by atoms with Gasteiger partial charge >= 0.3 is 0 Å². The summed E-state index contributed by atoms with van der Waals surface area (Å²) in [6.07, 6.45) is 7.73. The highest BCUT2D eigenvalue weighted by atomic mass is 32.2. The molecule has 0 bridgehead atoms. The van der Waals surface area contributed by atoms with E-state index in [-0.39, 0.29) is 11.8 Å². The maximum absolute atomic E-state index is 12.9. The van der Waals surface area contributed by atoms with Gasteiger partial charge in [-0.05, 0) is 57.1 Å². The maximum atomic E-state index is 12.9. The minimum absolute atomic E-state index is 0.121. The number of hydrogen-bond acceptors (Lipinski definition) is 3. The Morgan fingerprint density at radius 2 is 1.81 bits per heavy atom. The molecule has 1 aliphatic heterocycles. The highest BCUT2D eigenvalue weighted by Crippen LogP contribution is 2.26. The fraction of sp³-hybridized carbons (Fsp3) is 0.650. The molecule has 26 heavy (non-hydrogen) atoms. The molecule has 0 spiro atoms. The number of benzene rings is 1. The Bertz CT molecular complexity index is 709. The van der Waals surface area contributed by atoms with Crippen LogP contribution in [-0.4, -0.2) is 37.8 Å². The Kier molecular flexibility index (Phi) is 6.35. The second-order valence-corrected chi connectivity index (χ2v) is 9.71. The second kappa shape index (κ2) is 8.53. The molecule has 144 valence electrons. The summed E-state index contributed by atoms with van der Waals surface area (Å²) >= 11 is 0. The van der Waals surface area contributed by atoms with Crippen molar-refractivity contribution >= 4 is 15.9 Å². The Balaban J connectivity index is 1.53. The fourth-order valence-corrected chi connectivity index (χ4v) is 5.60. The van der Waals surface area contributed by atoms with Crippen LogP contribution in [0, 0.1) is 12.8 Å². The van der Waals surface area contributed by atoms with Crippen LogP contribution in [0.5, 0.6) is 0 Å². The molecule has 2 fully saturated rings. The lowest BCUT2D eigenvalue weighted by atomic mass is 9.94. The van der Waals surface area contributed by atoms with E-state index in [2.05, 4.69) is 5.32 Å². The van der Waals surface area contributed by atoms with Gasteiger partial charge in [0.25, 0.3) is 0 Å². The Hall–Kier alpha value is -1.40. The predicted molar refractivity (Wildman–Crippen MR) is 102 cm³/mol. The van der Waals surface area contributed by atoms with Crippen molar-refractivity contribution in [2.75, 3.05) is 13.1 Å². The molecule has 6 heteroatoms. The molecule has 1 heterocycles. The van der Waals surface area contributed by atoms with Crippen LogP contribution in [0.4, 0.5) is 0 Å². The summed E-state index contributed by atoms with van der Waals surface area (Å²) in [5.74, 6) is 0.383. The van der Waals surface area contributed by atoms with Gasteiger partial charge in [-0.15, -0.1) is 0 Å². The maximum Gasteiger partial charge on any atom is 0.243 e. The van der Waals surface area contributed by atoms with Gasteiger partial charge in [0.15, 0.2) is 0 Å². The summed E-state index contributed by atoms with van der Waals surface area (Å²) in [6, 6.07) is 7.39. The van der Waals surface area contributed by atoms with Crippen LogP contribution in [-0.2, 0) is 14.8 Å². The average Bonchev–Trinajstić information content (AvgIpc) is 3.13. The first-order chi connectivity index (χ1) is 12.4. The third-order valence-electron chi connectivity index (χ3n) is 5.64. The Morgan fingerprint density at radius 3 is 2.50 bits per heavy atom. The van der Waals surface area contributed by atoms with E-state index in [1.807, 2.05) is 19.1 Å². The van der Waals surface area contributed by atoms with Crippen LogP contribution >= 0.6 is 0 Å². The largest absolute Gasteiger partial charge is 0.353 e. The zero-order valence-corrected chi connectivity index (χ0v) is 16.4. The van der Waals surface area contributed by atoms with Crippen molar-refractivity contribution in [2.45, 2.75) is 69.2 Å². The number of amides is 1. The molecule has 1 N–H and O–H groups in total. The number of nitrogens with one attached hydrogen (secondary N) is 1. The van der Waals surface area contributed by atoms with Crippen molar-refractivity contribution in [2.24, 2.45) is 5.92 Å². The van der Waals surface area contributed by atoms with Crippen molar-refractivity contribution in [1.82, 2.24) is 9.62 Å². The fourth-order valence-electron chi connectivity index (χ4n) is 4.05. The number of nitrogens with zero attached hydrogens (tertiary/aromatic N) is 1. The molecule has 1 amide bonds. The van der Waals surface area contributed by atoms with E-state index in [4.69, 9.17) is 0 Å². The smallest absolute Gasteiger partial charge is 0.243 e. The first-order valence-corrected chi connectivity index (χ1v) is 11.3. The van der Waals surface area contributed by atoms with Crippen LogP contribution in [0.3, 0.4) is 0 Å². The second-order valence-electron chi connectivity index (χ2n) is 7.77. The molecular weight excluding hydrogens is 348 g/mol. The van der Waals surface area contributed by atoms with Gasteiger partial charge in [0, 0.05) is 25.6 Å². The van der Waals surface area contributed by atoms with Gasteiger partial charge in [-0.1, -0.05) is 30.5 Å². The standard InChI is InChI=1S/C20H30N2O3S/c1-16-8-11-19(12-9-16)26(24,25)22-14-4-5-17(15-22)10-13-20(23)21-18-6-2-3-7-18/h8-9,11-12,17-18H,2-7,10,13-15H2,1H3,(H,21,23). The van der Waals surface area contributed by atoms with E-state index < -0.39 is 10.0 Å². The van der Waals surface area contributed by atoms with Crippen molar-refractivity contribution in [3.05, 3.63) is 29.8 Å². The molecule has 1 aromatic rings. The molecule has 3 rings (SSSR count). The SMILES string of the molecule is Cc1ccc(S(=O)(=O)N2CCCC(CCC(=O)NC3CCCC3)C2)cc1. The summed E-state index contributed by atoms with van der Waals surface area (Å²) in [5.41, 5.74) is 1.05. The summed E-state index contributed by atoms with van der Waals surface area (Å²) in [6.45, 7) is 3.04. The summed E-state index contributed by atoms with van der Waals surface area (Å²) in [5, 5.41) is 3.12. The molecule has 1 unspecified atom stereocenters. The molecule has 1 aliphatic carbocycles.